The van der Waals surface area contributed by atoms with Crippen molar-refractivity contribution in [1.82, 2.24) is 5.32 Å². The van der Waals surface area contributed by atoms with Crippen LogP contribution in [0.1, 0.15) is 11.1 Å². The second-order valence-electron chi connectivity index (χ2n) is 6.02. The lowest BCUT2D eigenvalue weighted by molar-refractivity contribution is -0.137. The zero-order valence-corrected chi connectivity index (χ0v) is 14.9. The Kier molecular flexibility index (Phi) is 5.46. The van der Waals surface area contributed by atoms with E-state index in [0.29, 0.717) is 30.0 Å². The monoisotopic (exact) mass is 381 g/mol. The van der Waals surface area contributed by atoms with Crippen LogP contribution in [0.25, 0.3) is 11.1 Å². The molecule has 7 heteroatoms. The summed E-state index contributed by atoms with van der Waals surface area (Å²) in [5.74, 6) is 0.747. The smallest absolute Gasteiger partial charge is 0.417 e. The Labute approximate surface area is 153 Å². The van der Waals surface area contributed by atoms with Crippen LogP contribution in [0, 0.1) is 0 Å². The predicted molar refractivity (Wildman–Crippen MR) is 96.4 cm³/mol. The topological polar surface area (TPSA) is 38.3 Å². The van der Waals surface area contributed by atoms with E-state index in [-0.39, 0.29) is 17.6 Å². The predicted octanol–water partition coefficient (Wildman–Crippen LogP) is 4.16. The number of ether oxygens (including phenoxy) is 1. The van der Waals surface area contributed by atoms with Gasteiger partial charge in [-0.25, -0.2) is 0 Å². The first-order valence-corrected chi connectivity index (χ1v) is 9.50. The number of carbonyl (C=O) groups is 1. The van der Waals surface area contributed by atoms with Gasteiger partial charge in [0.1, 0.15) is 11.9 Å². The highest BCUT2D eigenvalue weighted by atomic mass is 32.2. The largest absolute Gasteiger partial charge is 0.487 e. The molecule has 1 amide bonds. The van der Waals surface area contributed by atoms with Crippen molar-refractivity contribution in [3.05, 3.63) is 53.6 Å². The number of thioether (sulfide) groups is 1. The normalized spacial score (nSPS) is 16.1. The number of fused-ring (bicyclic) bond motifs is 1. The summed E-state index contributed by atoms with van der Waals surface area (Å²) in [6, 6.07) is 10.7. The number of carbonyl (C=O) groups excluding carboxylic acids is 1. The highest BCUT2D eigenvalue weighted by molar-refractivity contribution is 7.99. The van der Waals surface area contributed by atoms with Crippen molar-refractivity contribution in [1.29, 1.82) is 0 Å². The van der Waals surface area contributed by atoms with E-state index < -0.39 is 11.7 Å². The summed E-state index contributed by atoms with van der Waals surface area (Å²) in [5, 5.41) is 2.79. The summed E-state index contributed by atoms with van der Waals surface area (Å²) in [6.45, 7) is 0.328. The molecular weight excluding hydrogens is 363 g/mol. The van der Waals surface area contributed by atoms with E-state index in [4.69, 9.17) is 4.74 Å². The molecule has 1 heterocycles. The van der Waals surface area contributed by atoms with Gasteiger partial charge >= 0.3 is 6.18 Å². The Morgan fingerprint density at radius 1 is 1.19 bits per heavy atom. The first-order valence-electron chi connectivity index (χ1n) is 8.11. The third-order valence-corrected chi connectivity index (χ3v) is 4.70. The van der Waals surface area contributed by atoms with Crippen molar-refractivity contribution in [2.75, 3.05) is 18.6 Å². The third kappa shape index (κ3) is 3.98. The molecule has 3 rings (SSSR count). The molecule has 3 nitrogen and oxygen atoms in total. The fourth-order valence-electron chi connectivity index (χ4n) is 3.04. The maximum atomic E-state index is 13.4. The zero-order valence-electron chi connectivity index (χ0n) is 14.1. The molecule has 1 atom stereocenters. The number of para-hydroxylation sites is 1. The summed E-state index contributed by atoms with van der Waals surface area (Å²) in [6.07, 6.45) is -2.33. The lowest BCUT2D eigenvalue weighted by Gasteiger charge is -2.16. The van der Waals surface area contributed by atoms with Crippen molar-refractivity contribution in [2.24, 2.45) is 0 Å². The Hall–Kier alpha value is -2.15. The van der Waals surface area contributed by atoms with Gasteiger partial charge in [-0.1, -0.05) is 36.4 Å². The van der Waals surface area contributed by atoms with Crippen LogP contribution in [-0.2, 0) is 17.4 Å². The Bertz CT molecular complexity index is 808. The molecule has 0 bridgehead atoms. The number of nitrogens with one attached hydrogen (secondary N) is 1. The number of hydrogen-bond acceptors (Lipinski definition) is 3. The van der Waals surface area contributed by atoms with E-state index >= 15 is 0 Å². The van der Waals surface area contributed by atoms with Crippen LogP contribution in [-0.4, -0.2) is 30.6 Å². The van der Waals surface area contributed by atoms with E-state index in [0.717, 1.165) is 11.6 Å². The molecule has 26 heavy (non-hydrogen) atoms. The maximum absolute atomic E-state index is 13.4. The van der Waals surface area contributed by atoms with E-state index in [2.05, 4.69) is 5.32 Å². The van der Waals surface area contributed by atoms with Crippen LogP contribution in [0.3, 0.4) is 0 Å². The van der Waals surface area contributed by atoms with Gasteiger partial charge in [-0.15, -0.1) is 0 Å². The molecule has 1 N–H and O–H groups in total. The van der Waals surface area contributed by atoms with Crippen molar-refractivity contribution in [3.8, 4) is 16.9 Å². The molecular formula is C19H18F3NO2S. The maximum Gasteiger partial charge on any atom is 0.417 e. The van der Waals surface area contributed by atoms with E-state index in [1.165, 1.54) is 23.9 Å². The fourth-order valence-corrected chi connectivity index (χ4v) is 3.40. The molecule has 0 spiro atoms. The van der Waals surface area contributed by atoms with Gasteiger partial charge in [0.25, 0.3) is 0 Å². The molecule has 0 saturated carbocycles. The van der Waals surface area contributed by atoms with Crippen molar-refractivity contribution in [3.63, 3.8) is 0 Å². The number of hydrogen-bond donors (Lipinski definition) is 1. The molecule has 1 aliphatic rings. The molecule has 2 aromatic carbocycles. The van der Waals surface area contributed by atoms with Crippen molar-refractivity contribution in [2.45, 2.75) is 18.7 Å². The number of alkyl halides is 3. The zero-order chi connectivity index (χ0) is 18.7. The molecule has 2 aromatic rings. The Balaban J connectivity index is 1.85. The lowest BCUT2D eigenvalue weighted by atomic mass is 9.96. The van der Waals surface area contributed by atoms with Gasteiger partial charge in [0.05, 0.1) is 17.9 Å². The lowest BCUT2D eigenvalue weighted by Crippen LogP contribution is -2.35. The van der Waals surface area contributed by atoms with Crippen LogP contribution in [0.2, 0.25) is 0 Å². The quantitative estimate of drug-likeness (QED) is 0.845. The van der Waals surface area contributed by atoms with Crippen LogP contribution in [0.5, 0.6) is 5.75 Å². The van der Waals surface area contributed by atoms with Crippen LogP contribution in [0.4, 0.5) is 13.2 Å². The summed E-state index contributed by atoms with van der Waals surface area (Å²) in [5.41, 5.74) is 0.689. The minimum atomic E-state index is -4.44. The second-order valence-corrected chi connectivity index (χ2v) is 6.88. The van der Waals surface area contributed by atoms with Crippen molar-refractivity contribution >= 4 is 17.7 Å². The highest BCUT2D eigenvalue weighted by Gasteiger charge is 2.35. The van der Waals surface area contributed by atoms with E-state index in [1.807, 2.05) is 12.3 Å². The third-order valence-electron chi connectivity index (χ3n) is 4.15. The second kappa shape index (κ2) is 7.61. The van der Waals surface area contributed by atoms with Gasteiger partial charge < -0.3 is 10.1 Å². The number of rotatable bonds is 5. The Morgan fingerprint density at radius 2 is 1.92 bits per heavy atom. The molecule has 0 aromatic heterocycles. The number of benzene rings is 2. The first kappa shape index (κ1) is 18.6. The van der Waals surface area contributed by atoms with Gasteiger partial charge in [-0.2, -0.15) is 24.9 Å². The summed E-state index contributed by atoms with van der Waals surface area (Å²) in [4.78, 5) is 11.6. The average molecular weight is 381 g/mol. The minimum absolute atomic E-state index is 0.0836. The van der Waals surface area contributed by atoms with Crippen molar-refractivity contribution < 1.29 is 22.7 Å². The number of halogens is 3. The summed E-state index contributed by atoms with van der Waals surface area (Å²) < 4.78 is 46.0. The van der Waals surface area contributed by atoms with Gasteiger partial charge in [0.15, 0.2) is 0 Å². The molecule has 1 aliphatic heterocycles. The van der Waals surface area contributed by atoms with Crippen LogP contribution >= 0.6 is 11.8 Å². The van der Waals surface area contributed by atoms with Gasteiger partial charge in [-0.3, -0.25) is 4.79 Å². The van der Waals surface area contributed by atoms with E-state index in [9.17, 15) is 18.0 Å². The van der Waals surface area contributed by atoms with Gasteiger partial charge in [0, 0.05) is 12.0 Å². The molecule has 138 valence electrons. The fraction of sp³-hybridized carbons (Fsp3) is 0.316. The Morgan fingerprint density at radius 3 is 2.65 bits per heavy atom. The highest BCUT2D eigenvalue weighted by Crippen LogP contribution is 2.43. The summed E-state index contributed by atoms with van der Waals surface area (Å²) >= 11 is 1.42. The number of amides is 1. The molecule has 0 aliphatic carbocycles. The van der Waals surface area contributed by atoms with Crippen LogP contribution in [0.15, 0.2) is 42.5 Å². The standard InChI is InChI=1S/C19H18F3NO2S/c1-26-11-17(24)23-10-13-9-12-5-4-7-15(18(12)25-13)14-6-2-3-8-16(14)19(20,21)22/h2-8,13H,9-11H2,1H3,(H,23,24)/t13-/m0/s1. The summed E-state index contributed by atoms with van der Waals surface area (Å²) in [7, 11) is 0. The van der Waals surface area contributed by atoms with Gasteiger partial charge in [0.2, 0.25) is 5.91 Å². The molecule has 0 radical (unpaired) electrons. The first-order chi connectivity index (χ1) is 12.4. The minimum Gasteiger partial charge on any atom is -0.487 e. The average Bonchev–Trinajstić information content (AvgIpc) is 3.02. The van der Waals surface area contributed by atoms with Gasteiger partial charge in [-0.05, 0) is 23.4 Å². The molecule has 0 unspecified atom stereocenters. The SMILES string of the molecule is CSCC(=O)NC[C@@H]1Cc2cccc(-c3ccccc3C(F)(F)F)c2O1. The van der Waals surface area contributed by atoms with Crippen LogP contribution < -0.4 is 10.1 Å². The van der Waals surface area contributed by atoms with E-state index in [1.54, 1.807) is 18.2 Å². The molecule has 0 fully saturated rings. The molecule has 0 saturated heterocycles.